The predicted octanol–water partition coefficient (Wildman–Crippen LogP) is 2.47. The van der Waals surface area contributed by atoms with Crippen LogP contribution in [0.2, 0.25) is 0 Å². The van der Waals surface area contributed by atoms with Gasteiger partial charge in [-0.3, -0.25) is 4.79 Å². The normalized spacial score (nSPS) is 14.3. The van der Waals surface area contributed by atoms with Crippen molar-refractivity contribution < 1.29 is 9.59 Å². The minimum absolute atomic E-state index is 0.0364. The first-order valence-corrected chi connectivity index (χ1v) is 7.99. The maximum absolute atomic E-state index is 12.9. The van der Waals surface area contributed by atoms with Gasteiger partial charge >= 0.3 is 6.03 Å². The van der Waals surface area contributed by atoms with Crippen molar-refractivity contribution in [3.8, 4) is 0 Å². The Hall–Kier alpha value is -2.24. The molecule has 6 heteroatoms. The molecule has 23 heavy (non-hydrogen) atoms. The van der Waals surface area contributed by atoms with E-state index in [1.165, 1.54) is 11.3 Å². The first-order valence-electron chi connectivity index (χ1n) is 7.99. The first kappa shape index (κ1) is 17.1. The van der Waals surface area contributed by atoms with E-state index in [0.29, 0.717) is 11.3 Å². The molecule has 1 aliphatic heterocycles. The van der Waals surface area contributed by atoms with Gasteiger partial charge in [0.25, 0.3) is 5.91 Å². The molecule has 2 rings (SSSR count). The zero-order valence-electron chi connectivity index (χ0n) is 14.4. The minimum atomic E-state index is -0.209. The Morgan fingerprint density at radius 2 is 1.70 bits per heavy atom. The van der Waals surface area contributed by atoms with Gasteiger partial charge in [0, 0.05) is 52.7 Å². The van der Waals surface area contributed by atoms with Crippen molar-refractivity contribution in [2.75, 3.05) is 51.5 Å². The maximum Gasteiger partial charge on any atom is 0.321 e. The summed E-state index contributed by atoms with van der Waals surface area (Å²) in [5.74, 6) is 0.0364. The molecule has 0 bridgehead atoms. The third-order valence-corrected chi connectivity index (χ3v) is 4.01. The number of nitrogens with one attached hydrogen (secondary N) is 1. The lowest BCUT2D eigenvalue weighted by molar-refractivity contribution is 0.0725. The summed E-state index contributed by atoms with van der Waals surface area (Å²) in [6.45, 7) is 1.61. The smallest absolute Gasteiger partial charge is 0.321 e. The second-order valence-corrected chi connectivity index (χ2v) is 6.30. The summed E-state index contributed by atoms with van der Waals surface area (Å²) in [5, 5.41) is 2.80. The van der Waals surface area contributed by atoms with Crippen LogP contribution in [0.5, 0.6) is 0 Å². The maximum atomic E-state index is 12.9. The number of rotatable bonds is 3. The number of nitrogens with zero attached hydrogens (tertiary/aromatic N) is 3. The van der Waals surface area contributed by atoms with Crippen molar-refractivity contribution in [3.05, 3.63) is 23.8 Å². The van der Waals surface area contributed by atoms with E-state index in [2.05, 4.69) is 5.32 Å². The third kappa shape index (κ3) is 4.15. The number of carbonyl (C=O) groups excluding carboxylic acids is 2. The van der Waals surface area contributed by atoms with E-state index >= 15 is 0 Å². The van der Waals surface area contributed by atoms with E-state index in [-0.39, 0.29) is 11.9 Å². The Kier molecular flexibility index (Phi) is 5.47. The fourth-order valence-corrected chi connectivity index (χ4v) is 2.68. The van der Waals surface area contributed by atoms with Crippen LogP contribution in [0.25, 0.3) is 0 Å². The third-order valence-electron chi connectivity index (χ3n) is 4.01. The lowest BCUT2D eigenvalue weighted by atomic mass is 10.1. The molecule has 0 aliphatic carbocycles. The quantitative estimate of drug-likeness (QED) is 0.931. The van der Waals surface area contributed by atoms with Crippen molar-refractivity contribution in [2.45, 2.75) is 19.3 Å². The molecule has 0 spiro atoms. The zero-order chi connectivity index (χ0) is 17.0. The second kappa shape index (κ2) is 7.35. The number of hydrogen-bond acceptors (Lipinski definition) is 3. The highest BCUT2D eigenvalue weighted by Gasteiger charge is 2.22. The van der Waals surface area contributed by atoms with Gasteiger partial charge in [-0.1, -0.05) is 0 Å². The van der Waals surface area contributed by atoms with Crippen LogP contribution in [0.15, 0.2) is 18.2 Å². The lowest BCUT2D eigenvalue weighted by Crippen LogP contribution is -2.36. The summed E-state index contributed by atoms with van der Waals surface area (Å²) in [7, 11) is 7.20. The molecule has 0 aromatic heterocycles. The van der Waals surface area contributed by atoms with Crippen LogP contribution in [-0.2, 0) is 0 Å². The van der Waals surface area contributed by atoms with Gasteiger partial charge < -0.3 is 20.0 Å². The summed E-state index contributed by atoms with van der Waals surface area (Å²) in [5.41, 5.74) is 2.13. The monoisotopic (exact) mass is 318 g/mol. The molecule has 1 N–H and O–H groups in total. The number of likely N-dealkylation sites (tertiary alicyclic amines) is 1. The van der Waals surface area contributed by atoms with E-state index in [1.807, 2.05) is 36.0 Å². The number of urea groups is 1. The molecule has 0 atom stereocenters. The average Bonchev–Trinajstić information content (AvgIpc) is 2.54. The van der Waals surface area contributed by atoms with Crippen LogP contribution in [0.3, 0.4) is 0 Å². The number of anilines is 2. The van der Waals surface area contributed by atoms with Crippen LogP contribution in [0, 0.1) is 0 Å². The molecule has 1 saturated heterocycles. The molecule has 1 aromatic carbocycles. The van der Waals surface area contributed by atoms with Gasteiger partial charge in [-0.05, 0) is 37.5 Å². The summed E-state index contributed by atoms with van der Waals surface area (Å²) in [6.07, 6.45) is 3.30. The van der Waals surface area contributed by atoms with Crippen LogP contribution in [-0.4, -0.2) is 63.0 Å². The Morgan fingerprint density at radius 3 is 2.26 bits per heavy atom. The van der Waals surface area contributed by atoms with Gasteiger partial charge in [-0.25, -0.2) is 4.79 Å². The van der Waals surface area contributed by atoms with Crippen molar-refractivity contribution in [2.24, 2.45) is 0 Å². The lowest BCUT2D eigenvalue weighted by Gasteiger charge is -2.28. The molecular formula is C17H26N4O2. The average molecular weight is 318 g/mol. The topological polar surface area (TPSA) is 55.9 Å². The first-order chi connectivity index (χ1) is 10.9. The zero-order valence-corrected chi connectivity index (χ0v) is 14.4. The van der Waals surface area contributed by atoms with Gasteiger partial charge in [0.05, 0.1) is 5.56 Å². The van der Waals surface area contributed by atoms with Crippen molar-refractivity contribution in [1.82, 2.24) is 9.80 Å². The molecule has 1 heterocycles. The summed E-state index contributed by atoms with van der Waals surface area (Å²) in [4.78, 5) is 30.0. The molecule has 1 fully saturated rings. The number of hydrogen-bond donors (Lipinski definition) is 1. The van der Waals surface area contributed by atoms with Crippen LogP contribution in [0.4, 0.5) is 16.2 Å². The predicted molar refractivity (Wildman–Crippen MR) is 93.2 cm³/mol. The molecule has 6 nitrogen and oxygen atoms in total. The van der Waals surface area contributed by atoms with E-state index in [9.17, 15) is 9.59 Å². The molecular weight excluding hydrogens is 292 g/mol. The highest BCUT2D eigenvalue weighted by molar-refractivity contribution is 6.02. The molecule has 3 amide bonds. The Morgan fingerprint density at radius 1 is 1.04 bits per heavy atom. The van der Waals surface area contributed by atoms with E-state index in [0.717, 1.165) is 31.6 Å². The fraction of sp³-hybridized carbons (Fsp3) is 0.529. The number of piperidine rings is 1. The van der Waals surface area contributed by atoms with Crippen molar-refractivity contribution in [3.63, 3.8) is 0 Å². The summed E-state index contributed by atoms with van der Waals surface area (Å²) >= 11 is 0. The van der Waals surface area contributed by atoms with Crippen LogP contribution < -0.4 is 10.2 Å². The van der Waals surface area contributed by atoms with Crippen molar-refractivity contribution >= 4 is 23.3 Å². The molecule has 0 radical (unpaired) electrons. The Balaban J connectivity index is 2.30. The molecule has 1 aliphatic rings. The standard InChI is InChI=1S/C17H26N4O2/c1-19(2)15-9-8-13(18-17(23)20(3)4)12-14(15)16(22)21-10-6-5-7-11-21/h8-9,12H,5-7,10-11H2,1-4H3,(H,18,23). The summed E-state index contributed by atoms with van der Waals surface area (Å²) in [6, 6.07) is 5.26. The van der Waals surface area contributed by atoms with Gasteiger partial charge in [0.2, 0.25) is 0 Å². The minimum Gasteiger partial charge on any atom is -0.377 e. The van der Waals surface area contributed by atoms with Gasteiger partial charge in [0.1, 0.15) is 0 Å². The molecule has 0 saturated carbocycles. The highest BCUT2D eigenvalue weighted by atomic mass is 16.2. The number of benzene rings is 1. The largest absolute Gasteiger partial charge is 0.377 e. The molecule has 0 unspecified atom stereocenters. The van der Waals surface area contributed by atoms with Gasteiger partial charge in [-0.2, -0.15) is 0 Å². The summed E-state index contributed by atoms with van der Waals surface area (Å²) < 4.78 is 0. The Labute approximate surface area is 138 Å². The Bertz CT molecular complexity index is 578. The SMILES string of the molecule is CN(C)C(=O)Nc1ccc(N(C)C)c(C(=O)N2CCCCC2)c1. The number of amides is 3. The van der Waals surface area contributed by atoms with Gasteiger partial charge in [0.15, 0.2) is 0 Å². The van der Waals surface area contributed by atoms with Crippen LogP contribution >= 0.6 is 0 Å². The van der Waals surface area contributed by atoms with Gasteiger partial charge in [-0.15, -0.1) is 0 Å². The molecule has 126 valence electrons. The number of carbonyl (C=O) groups is 2. The molecule has 1 aromatic rings. The fourth-order valence-electron chi connectivity index (χ4n) is 2.68. The van der Waals surface area contributed by atoms with E-state index in [1.54, 1.807) is 20.2 Å². The van der Waals surface area contributed by atoms with Crippen LogP contribution in [0.1, 0.15) is 29.6 Å². The van der Waals surface area contributed by atoms with Crippen molar-refractivity contribution in [1.29, 1.82) is 0 Å². The van der Waals surface area contributed by atoms with E-state index < -0.39 is 0 Å². The second-order valence-electron chi connectivity index (χ2n) is 6.30. The highest BCUT2D eigenvalue weighted by Crippen LogP contribution is 2.25. The van der Waals surface area contributed by atoms with E-state index in [4.69, 9.17) is 0 Å².